The van der Waals surface area contributed by atoms with Gasteiger partial charge in [0.15, 0.2) is 5.69 Å². The van der Waals surface area contributed by atoms with Crippen LogP contribution in [0.2, 0.25) is 0 Å². The molecule has 12 nitrogen and oxygen atoms in total. The van der Waals surface area contributed by atoms with E-state index in [1.54, 1.807) is 13.8 Å². The van der Waals surface area contributed by atoms with Gasteiger partial charge in [-0.25, -0.2) is 14.6 Å². The lowest BCUT2D eigenvalue weighted by atomic mass is 9.83. The minimum Gasteiger partial charge on any atom is -0.711 e. The van der Waals surface area contributed by atoms with Crippen molar-refractivity contribution < 1.29 is 24.2 Å². The Bertz CT molecular complexity index is 1130. The van der Waals surface area contributed by atoms with Crippen molar-refractivity contribution >= 4 is 17.8 Å². The summed E-state index contributed by atoms with van der Waals surface area (Å²) >= 11 is 0. The van der Waals surface area contributed by atoms with E-state index in [4.69, 9.17) is 0 Å². The number of benzene rings is 1. The van der Waals surface area contributed by atoms with E-state index >= 15 is 0 Å². The molecule has 0 unspecified atom stereocenters. The molecule has 0 aliphatic carbocycles. The van der Waals surface area contributed by atoms with Crippen molar-refractivity contribution in [2.24, 2.45) is 5.92 Å². The molecule has 1 fully saturated rings. The summed E-state index contributed by atoms with van der Waals surface area (Å²) in [7, 11) is 0. The minimum absolute atomic E-state index is 0.0251. The van der Waals surface area contributed by atoms with Crippen molar-refractivity contribution in [1.82, 2.24) is 30.4 Å². The van der Waals surface area contributed by atoms with E-state index in [2.05, 4.69) is 25.8 Å². The number of aromatic nitrogens is 5. The molecule has 154 valence electrons. The number of rotatable bonds is 4. The highest BCUT2D eigenvalue weighted by molar-refractivity contribution is 6.16. The van der Waals surface area contributed by atoms with Crippen LogP contribution in [-0.4, -0.2) is 42.7 Å². The lowest BCUT2D eigenvalue weighted by Crippen LogP contribution is -2.58. The van der Waals surface area contributed by atoms with Crippen molar-refractivity contribution in [2.45, 2.75) is 19.8 Å². The number of H-pyrrole nitrogens is 1. The van der Waals surface area contributed by atoms with Crippen LogP contribution < -0.4 is 15.4 Å². The van der Waals surface area contributed by atoms with Crippen LogP contribution in [0, 0.1) is 25.0 Å². The Morgan fingerprint density at radius 3 is 2.33 bits per heavy atom. The first kappa shape index (κ1) is 19.1. The van der Waals surface area contributed by atoms with Crippen molar-refractivity contribution in [1.29, 1.82) is 0 Å². The van der Waals surface area contributed by atoms with Gasteiger partial charge in [0.25, 0.3) is 5.82 Å². The highest BCUT2D eigenvalue weighted by Gasteiger charge is 2.47. The number of imide groups is 2. The van der Waals surface area contributed by atoms with Crippen LogP contribution in [0.4, 0.5) is 4.79 Å². The SMILES string of the molecule is Cc1c(C)[n+]([O-])c([C@H](c2ccc(O)cc2)C2C(=O)NC(=O)NC2=O)n1-c1ncn[nH]1. The summed E-state index contributed by atoms with van der Waals surface area (Å²) in [6.45, 7) is 3.28. The van der Waals surface area contributed by atoms with E-state index in [0.29, 0.717) is 21.7 Å². The van der Waals surface area contributed by atoms with Gasteiger partial charge in [-0.1, -0.05) is 12.1 Å². The van der Waals surface area contributed by atoms with Gasteiger partial charge in [-0.3, -0.25) is 20.2 Å². The number of barbiturate groups is 1. The fraction of sp³-hybridized carbons (Fsp3) is 0.222. The molecular formula is C18H17N7O5. The van der Waals surface area contributed by atoms with Gasteiger partial charge in [-0.2, -0.15) is 14.6 Å². The summed E-state index contributed by atoms with van der Waals surface area (Å²) in [6, 6.07) is 4.82. The van der Waals surface area contributed by atoms with Crippen LogP contribution in [0.15, 0.2) is 30.6 Å². The Morgan fingerprint density at radius 1 is 1.13 bits per heavy atom. The number of urea groups is 1. The summed E-state index contributed by atoms with van der Waals surface area (Å²) in [6.07, 6.45) is 1.26. The molecule has 1 aliphatic rings. The third-order valence-electron chi connectivity index (χ3n) is 5.12. The Labute approximate surface area is 169 Å². The molecule has 2 aromatic heterocycles. The fourth-order valence-electron chi connectivity index (χ4n) is 3.59. The molecule has 1 aromatic carbocycles. The molecule has 0 saturated carbocycles. The second kappa shape index (κ2) is 6.99. The van der Waals surface area contributed by atoms with Crippen molar-refractivity contribution in [3.8, 4) is 11.7 Å². The third kappa shape index (κ3) is 2.94. The lowest BCUT2D eigenvalue weighted by Gasteiger charge is -2.27. The Kier molecular flexibility index (Phi) is 4.45. The first-order valence-corrected chi connectivity index (χ1v) is 8.91. The molecule has 12 heteroatoms. The van der Waals surface area contributed by atoms with Gasteiger partial charge < -0.3 is 10.3 Å². The molecule has 0 bridgehead atoms. The number of nitrogens with zero attached hydrogens (tertiary/aromatic N) is 4. The number of hydrogen-bond acceptors (Lipinski definition) is 7. The van der Waals surface area contributed by atoms with Gasteiger partial charge >= 0.3 is 12.0 Å². The monoisotopic (exact) mass is 411 g/mol. The van der Waals surface area contributed by atoms with Gasteiger partial charge in [0.05, 0.1) is 0 Å². The first-order valence-electron chi connectivity index (χ1n) is 8.91. The molecule has 3 heterocycles. The number of carbonyl (C=O) groups excluding carboxylic acids is 3. The normalized spacial score (nSPS) is 15.7. The zero-order valence-electron chi connectivity index (χ0n) is 15.9. The van der Waals surface area contributed by atoms with E-state index in [-0.39, 0.29) is 17.5 Å². The van der Waals surface area contributed by atoms with Crippen molar-refractivity contribution in [2.75, 3.05) is 0 Å². The molecule has 0 spiro atoms. The molecular weight excluding hydrogens is 394 g/mol. The van der Waals surface area contributed by atoms with Crippen LogP contribution in [0.5, 0.6) is 5.75 Å². The van der Waals surface area contributed by atoms with Crippen molar-refractivity contribution in [3.63, 3.8) is 0 Å². The van der Waals surface area contributed by atoms with E-state index in [9.17, 15) is 24.7 Å². The summed E-state index contributed by atoms with van der Waals surface area (Å²) in [4.78, 5) is 41.0. The van der Waals surface area contributed by atoms with Gasteiger partial charge in [0, 0.05) is 13.8 Å². The molecule has 1 aliphatic heterocycles. The maximum absolute atomic E-state index is 13.2. The zero-order chi connectivity index (χ0) is 21.6. The maximum atomic E-state index is 13.2. The molecule has 4 amide bonds. The van der Waals surface area contributed by atoms with Gasteiger partial charge in [-0.05, 0) is 17.7 Å². The lowest BCUT2D eigenvalue weighted by molar-refractivity contribution is -0.621. The molecule has 1 atom stereocenters. The summed E-state index contributed by atoms with van der Waals surface area (Å²) in [5.41, 5.74) is 1.26. The molecule has 4 rings (SSSR count). The highest BCUT2D eigenvalue weighted by Crippen LogP contribution is 2.35. The van der Waals surface area contributed by atoms with E-state index in [1.807, 2.05) is 0 Å². The average molecular weight is 411 g/mol. The summed E-state index contributed by atoms with van der Waals surface area (Å²) in [5.74, 6) is -4.01. The van der Waals surface area contributed by atoms with E-state index < -0.39 is 29.7 Å². The van der Waals surface area contributed by atoms with Gasteiger partial charge in [0.1, 0.15) is 29.6 Å². The molecule has 0 radical (unpaired) electrons. The molecule has 1 saturated heterocycles. The standard InChI is InChI=1S/C18H17N7O5/c1-8-9(2)25(30)16(24(8)17-19-7-20-23-17)12(10-3-5-11(26)6-4-10)13-14(27)21-18(29)22-15(13)28/h3-7,12-13,26H,1-2H3,(H,19,20,23)(H2,21,22,27,28,29)/t12-/m1/s1. The summed E-state index contributed by atoms with van der Waals surface area (Å²) < 4.78 is 2.09. The quantitative estimate of drug-likeness (QED) is 0.259. The number of carbonyl (C=O) groups is 3. The number of hydrogen-bond donors (Lipinski definition) is 4. The number of phenols is 1. The Morgan fingerprint density at radius 2 is 1.77 bits per heavy atom. The fourth-order valence-corrected chi connectivity index (χ4v) is 3.59. The van der Waals surface area contributed by atoms with Crippen molar-refractivity contribution in [3.05, 3.63) is 58.6 Å². The van der Waals surface area contributed by atoms with E-state index in [1.165, 1.54) is 35.2 Å². The Hall–Kier alpha value is -4.22. The molecule has 3 aromatic rings. The molecule has 4 N–H and O–H groups in total. The number of aromatic hydroxyl groups is 1. The highest BCUT2D eigenvalue weighted by atomic mass is 16.5. The van der Waals surface area contributed by atoms with Crippen LogP contribution in [0.3, 0.4) is 0 Å². The molecule has 30 heavy (non-hydrogen) atoms. The first-order chi connectivity index (χ1) is 14.3. The number of phenolic OH excluding ortho intramolecular Hbond substituents is 1. The largest absolute Gasteiger partial charge is 0.711 e. The summed E-state index contributed by atoms with van der Waals surface area (Å²) in [5, 5.41) is 33.5. The predicted octanol–water partition coefficient (Wildman–Crippen LogP) is -0.335. The van der Waals surface area contributed by atoms with Crippen LogP contribution in [-0.2, 0) is 9.59 Å². The maximum Gasteiger partial charge on any atom is 0.328 e. The minimum atomic E-state index is -1.43. The predicted molar refractivity (Wildman–Crippen MR) is 99.3 cm³/mol. The Balaban J connectivity index is 2.00. The zero-order valence-corrected chi connectivity index (χ0v) is 15.9. The van der Waals surface area contributed by atoms with Gasteiger partial charge in [-0.15, -0.1) is 0 Å². The second-order valence-electron chi connectivity index (χ2n) is 6.82. The number of imidazole rings is 1. The van der Waals surface area contributed by atoms with E-state index in [0.717, 1.165) is 0 Å². The second-order valence-corrected chi connectivity index (χ2v) is 6.82. The third-order valence-corrected chi connectivity index (χ3v) is 5.12. The average Bonchev–Trinajstić information content (AvgIpc) is 3.29. The number of amides is 4. The topological polar surface area (TPSA) is 169 Å². The number of aromatic amines is 1. The smallest absolute Gasteiger partial charge is 0.328 e. The van der Waals surface area contributed by atoms with Crippen LogP contribution >= 0.6 is 0 Å². The van der Waals surface area contributed by atoms with Crippen LogP contribution in [0.25, 0.3) is 5.95 Å². The van der Waals surface area contributed by atoms with Crippen LogP contribution in [0.1, 0.15) is 28.7 Å². The van der Waals surface area contributed by atoms with Gasteiger partial charge in [0.2, 0.25) is 11.8 Å². The number of nitrogens with one attached hydrogen (secondary N) is 3.